The molecule has 5 aromatic rings. The Bertz CT molecular complexity index is 2340. The van der Waals surface area contributed by atoms with E-state index in [0.717, 1.165) is 0 Å². The van der Waals surface area contributed by atoms with Crippen molar-refractivity contribution in [2.45, 2.75) is 19.5 Å². The molecule has 1 heteroatoms. The van der Waals surface area contributed by atoms with Gasteiger partial charge in [0.1, 0.15) is 0 Å². The summed E-state index contributed by atoms with van der Waals surface area (Å²) in [5.74, 6) is 0. The molecule has 5 aromatic carbocycles. The van der Waals surface area contributed by atoms with Gasteiger partial charge in [-0.2, -0.15) is 0 Å². The van der Waals surface area contributed by atoms with Gasteiger partial charge in [0.05, 0.1) is 24.7 Å². The molecule has 1 aliphatic heterocycles. The summed E-state index contributed by atoms with van der Waals surface area (Å²) in [5.41, 5.74) is -6.00. The molecule has 0 saturated carbocycles. The molecule has 0 aliphatic carbocycles. The van der Waals surface area contributed by atoms with Gasteiger partial charge < -0.3 is 0 Å². The smallest absolute Gasteiger partial charge is 0.0640 e. The van der Waals surface area contributed by atoms with E-state index in [-0.39, 0.29) is 5.56 Å². The molecule has 0 spiro atoms. The van der Waals surface area contributed by atoms with Crippen molar-refractivity contribution in [1.29, 1.82) is 0 Å². The maximum Gasteiger partial charge on any atom is 0.186 e. The number of hydrogen-bond donors (Lipinski definition) is 0. The van der Waals surface area contributed by atoms with Gasteiger partial charge in [0, 0.05) is 5.48 Å². The predicted octanol–water partition coefficient (Wildman–Crippen LogP) is 7.06. The van der Waals surface area contributed by atoms with Gasteiger partial charge in [0.2, 0.25) is 0 Å². The minimum absolute atomic E-state index is 0.265. The van der Waals surface area contributed by atoms with Crippen LogP contribution in [0.25, 0.3) is 33.0 Å². The second-order valence-corrected chi connectivity index (χ2v) is 7.01. The molecule has 0 atom stereocenters. The summed E-state index contributed by atoms with van der Waals surface area (Å²) < 4.78 is 194. The van der Waals surface area contributed by atoms with E-state index in [1.54, 1.807) is 0 Å². The van der Waals surface area contributed by atoms with E-state index in [1.165, 1.54) is 6.92 Å². The Morgan fingerprint density at radius 2 is 1.28 bits per heavy atom. The van der Waals surface area contributed by atoms with Crippen LogP contribution >= 0.6 is 0 Å². The molecule has 0 unspecified atom stereocenters. The highest BCUT2D eigenvalue weighted by Crippen LogP contribution is 2.34. The third kappa shape index (κ3) is 3.17. The van der Waals surface area contributed by atoms with Gasteiger partial charge in [0.15, 0.2) is 6.71 Å². The first kappa shape index (κ1) is 6.96. The van der Waals surface area contributed by atoms with Crippen molar-refractivity contribution >= 4 is 22.9 Å². The maximum absolute atomic E-state index is 9.71. The zero-order valence-corrected chi connectivity index (χ0v) is 16.6. The highest BCUT2D eigenvalue weighted by Gasteiger charge is 2.30. The predicted molar refractivity (Wildman–Crippen MR) is 139 cm³/mol. The first-order chi connectivity index (χ1) is 24.8. The molecular formula is C31H25B. The van der Waals surface area contributed by atoms with Crippen LogP contribution in [-0.4, -0.2) is 6.71 Å². The molecule has 0 radical (unpaired) electrons. The van der Waals surface area contributed by atoms with Gasteiger partial charge in [-0.25, -0.2) is 0 Å². The minimum atomic E-state index is -3.33. The second-order valence-electron chi connectivity index (χ2n) is 7.01. The first-order valence-corrected chi connectivity index (χ1v) is 9.62. The van der Waals surface area contributed by atoms with E-state index in [1.807, 2.05) is 0 Å². The monoisotopic (exact) mass is 430 g/mol. The van der Waals surface area contributed by atoms with E-state index in [9.17, 15) is 5.48 Å². The molecule has 1 heterocycles. The topological polar surface area (TPSA) is 0 Å². The third-order valence-electron chi connectivity index (χ3n) is 5.15. The van der Waals surface area contributed by atoms with Crippen LogP contribution in [0.4, 0.5) is 0 Å². The Hall–Kier alpha value is -3.58. The Labute approximate surface area is 221 Å². The lowest BCUT2D eigenvalue weighted by Crippen LogP contribution is -2.40. The van der Waals surface area contributed by atoms with E-state index < -0.39 is 178 Å². The standard InChI is InChI=1S/C31H25B/c1-22-18-19-25-14-8-15-26-20-32(21-29(22)30(25)26)31-27(23-10-4-2-5-11-23)16-9-17-28(31)24-12-6-3-7-13-24/h2-19H,20-21H2,1H3/i2D,3D,4D,5D,6D,7D,8D,9D,10D,11D,12D,13D,14D,15D,16D,17D,18D,19D,20D2,21D2. The molecule has 0 N–H and O–H groups in total. The lowest BCUT2D eigenvalue weighted by molar-refractivity contribution is 1.22. The fraction of sp³-hybridized carbons (Fsp3) is 0.0968. The van der Waals surface area contributed by atoms with Gasteiger partial charge >= 0.3 is 0 Å². The van der Waals surface area contributed by atoms with Crippen molar-refractivity contribution in [2.75, 3.05) is 0 Å². The van der Waals surface area contributed by atoms with Gasteiger partial charge in [-0.15, -0.1) is 0 Å². The molecule has 32 heavy (non-hydrogen) atoms. The van der Waals surface area contributed by atoms with Crippen LogP contribution in [0, 0.1) is 6.92 Å². The third-order valence-corrected chi connectivity index (χ3v) is 5.15. The summed E-state index contributed by atoms with van der Waals surface area (Å²) >= 11 is 0. The SMILES string of the molecule is [2H]c1c([2H])c([2H])c(-c2c([2H])c([2H])c([2H])c(-c3c([2H])c([2H])c([2H])c([2H])c3[2H])c2B2C([2H])([2H])c3c([2H])c([2H])c([2H])c4c([2H])c([2H])c(C)c(c34)C2([2H])[2H])c([2H])c1[2H]. The van der Waals surface area contributed by atoms with Crippen LogP contribution in [0.3, 0.4) is 0 Å². The molecule has 0 nitrogen and oxygen atoms in total. The normalized spacial score (nSPS) is 25.7. The van der Waals surface area contributed by atoms with Crippen LogP contribution in [-0.2, 0) is 12.5 Å². The van der Waals surface area contributed by atoms with Crippen molar-refractivity contribution in [3.8, 4) is 22.3 Å². The quantitative estimate of drug-likeness (QED) is 0.269. The van der Waals surface area contributed by atoms with E-state index in [0.29, 0.717) is 0 Å². The molecule has 6 rings (SSSR count). The van der Waals surface area contributed by atoms with Gasteiger partial charge in [-0.05, 0) is 69.2 Å². The van der Waals surface area contributed by atoms with Gasteiger partial charge in [-0.1, -0.05) is 114 Å². The van der Waals surface area contributed by atoms with Crippen molar-refractivity contribution in [3.05, 3.63) is 125 Å². The number of hydrogen-bond acceptors (Lipinski definition) is 0. The molecule has 1 aliphatic rings. The van der Waals surface area contributed by atoms with E-state index in [2.05, 4.69) is 0 Å². The summed E-state index contributed by atoms with van der Waals surface area (Å²) in [6.45, 7) is -1.33. The van der Waals surface area contributed by atoms with Crippen molar-refractivity contribution < 1.29 is 30.2 Å². The highest BCUT2D eigenvalue weighted by atomic mass is 14.2. The molecule has 0 aromatic heterocycles. The first-order valence-electron chi connectivity index (χ1n) is 20.6. The highest BCUT2D eigenvalue weighted by molar-refractivity contribution is 6.75. The Kier molecular flexibility index (Phi) is 1.70. The van der Waals surface area contributed by atoms with Crippen molar-refractivity contribution in [1.82, 2.24) is 0 Å². The van der Waals surface area contributed by atoms with Gasteiger partial charge in [-0.3, -0.25) is 0 Å². The Morgan fingerprint density at radius 3 is 1.94 bits per heavy atom. The largest absolute Gasteiger partial charge is 0.186 e. The minimum Gasteiger partial charge on any atom is -0.0640 e. The summed E-state index contributed by atoms with van der Waals surface area (Å²) in [6, 6.07) is -16.7. The van der Waals surface area contributed by atoms with Crippen LogP contribution in [0.1, 0.15) is 46.8 Å². The van der Waals surface area contributed by atoms with Crippen LogP contribution < -0.4 is 5.46 Å². The van der Waals surface area contributed by atoms with Crippen LogP contribution in [0.15, 0.2) is 109 Å². The molecule has 0 amide bonds. The van der Waals surface area contributed by atoms with Crippen LogP contribution in [0.2, 0.25) is 0 Å². The fourth-order valence-corrected chi connectivity index (χ4v) is 3.76. The molecule has 0 bridgehead atoms. The zero-order chi connectivity index (χ0) is 40.7. The average Bonchev–Trinajstić information content (AvgIpc) is 3.10. The second kappa shape index (κ2) is 7.84. The molecular weight excluding hydrogens is 383 g/mol. The average molecular weight is 430 g/mol. The van der Waals surface area contributed by atoms with Crippen molar-refractivity contribution in [2.24, 2.45) is 0 Å². The van der Waals surface area contributed by atoms with E-state index in [4.69, 9.17) is 24.7 Å². The molecule has 0 saturated heterocycles. The summed E-state index contributed by atoms with van der Waals surface area (Å²) in [7, 11) is 0. The maximum atomic E-state index is 9.71. The summed E-state index contributed by atoms with van der Waals surface area (Å²) in [4.78, 5) is 0. The van der Waals surface area contributed by atoms with Gasteiger partial charge in [0.25, 0.3) is 0 Å². The Balaban J connectivity index is 2.01. The van der Waals surface area contributed by atoms with Crippen LogP contribution in [0.5, 0.6) is 0 Å². The summed E-state index contributed by atoms with van der Waals surface area (Å²) in [6.07, 6.45) is -6.55. The lowest BCUT2D eigenvalue weighted by atomic mass is 9.35. The zero-order valence-electron chi connectivity index (χ0n) is 38.6. The van der Waals surface area contributed by atoms with E-state index >= 15 is 0 Å². The lowest BCUT2D eigenvalue weighted by Gasteiger charge is -2.28. The van der Waals surface area contributed by atoms with Crippen molar-refractivity contribution in [3.63, 3.8) is 0 Å². The molecule has 152 valence electrons. The summed E-state index contributed by atoms with van der Waals surface area (Å²) in [5, 5.41) is -0.975. The number of rotatable bonds is 3. The number of benzene rings is 5. The molecule has 0 fully saturated rings. The fourth-order valence-electron chi connectivity index (χ4n) is 3.76. The Morgan fingerprint density at radius 1 is 0.656 bits per heavy atom.